The highest BCUT2D eigenvalue weighted by Gasteiger charge is 2.01. The average Bonchev–Trinajstić information content (AvgIpc) is 2.49. The van der Waals surface area contributed by atoms with Crippen molar-refractivity contribution in [1.82, 2.24) is 0 Å². The lowest BCUT2D eigenvalue weighted by atomic mass is 10.1. The van der Waals surface area contributed by atoms with Crippen LogP contribution in [0.2, 0.25) is 0 Å². The third kappa shape index (κ3) is 10.0. The zero-order valence-electron chi connectivity index (χ0n) is 12.7. The van der Waals surface area contributed by atoms with Crippen LogP contribution in [-0.4, -0.2) is 25.8 Å². The van der Waals surface area contributed by atoms with Gasteiger partial charge in [0.15, 0.2) is 0 Å². The highest BCUT2D eigenvalue weighted by molar-refractivity contribution is 7.85. The molecule has 0 unspecified atom stereocenters. The van der Waals surface area contributed by atoms with Crippen LogP contribution >= 0.6 is 0 Å². The molecule has 0 amide bonds. The normalized spacial score (nSPS) is 10.1. The summed E-state index contributed by atoms with van der Waals surface area (Å²) in [6.07, 6.45) is 2.39. The van der Waals surface area contributed by atoms with Gasteiger partial charge in [0.1, 0.15) is 0 Å². The first-order valence-corrected chi connectivity index (χ1v) is 8.60. The Hall–Kier alpha value is -1.43. The molecule has 0 fully saturated rings. The molecule has 0 bridgehead atoms. The molecular weight excluding hydrogens is 286 g/mol. The molecule has 0 saturated carbocycles. The summed E-state index contributed by atoms with van der Waals surface area (Å²) < 4.78 is 28.3. The van der Waals surface area contributed by atoms with Gasteiger partial charge in [0.05, 0.1) is 5.75 Å². The van der Waals surface area contributed by atoms with Gasteiger partial charge < -0.3 is 5.73 Å². The predicted octanol–water partition coefficient (Wildman–Crippen LogP) is 3.48. The minimum Gasteiger partial charge on any atom is -0.333 e. The predicted molar refractivity (Wildman–Crippen MR) is 90.0 cm³/mol. The lowest BCUT2D eigenvalue weighted by Gasteiger charge is -1.92. The first kappa shape index (κ1) is 19.6. The Labute approximate surface area is 127 Å². The molecular formula is C16H25NO3S. The number of nitrogens with two attached hydrogens (primary N) is 1. The summed E-state index contributed by atoms with van der Waals surface area (Å²) in [4.78, 5) is 0. The zero-order chi connectivity index (χ0) is 16.1. The van der Waals surface area contributed by atoms with E-state index in [1.54, 1.807) is 0 Å². The van der Waals surface area contributed by atoms with Gasteiger partial charge in [0.25, 0.3) is 10.1 Å². The van der Waals surface area contributed by atoms with Gasteiger partial charge in [-0.15, -0.1) is 0 Å². The summed E-state index contributed by atoms with van der Waals surface area (Å²) in [5.41, 5.74) is 4.50. The minimum absolute atomic E-state index is 0.0964. The van der Waals surface area contributed by atoms with Crippen LogP contribution < -0.4 is 5.73 Å². The molecule has 0 saturated heterocycles. The Morgan fingerprint density at radius 3 is 1.57 bits per heavy atom. The Balaban J connectivity index is 0.000000344. The fraction of sp³-hybridized carbons (Fsp3) is 0.375. The van der Waals surface area contributed by atoms with Crippen LogP contribution in [0.4, 0.5) is 0 Å². The number of hydrogen-bond donors (Lipinski definition) is 2. The van der Waals surface area contributed by atoms with Gasteiger partial charge in [0.2, 0.25) is 0 Å². The number of rotatable bonds is 4. The van der Waals surface area contributed by atoms with Gasteiger partial charge >= 0.3 is 0 Å². The molecule has 2 aromatic carbocycles. The standard InChI is InChI=1S/C10H8.C5H12O3S.CH5N/c1-2-6-10-8-4-3-7-9(10)5-1;1-2-3-4-5-9(6,7)8;1-2/h1-8H;2-5H2,1H3,(H,6,7,8);2H2,1H3. The summed E-state index contributed by atoms with van der Waals surface area (Å²) >= 11 is 0. The molecule has 2 rings (SSSR count). The molecule has 0 aromatic heterocycles. The topological polar surface area (TPSA) is 80.4 Å². The monoisotopic (exact) mass is 311 g/mol. The Kier molecular flexibility index (Phi) is 10.5. The molecule has 0 radical (unpaired) electrons. The van der Waals surface area contributed by atoms with E-state index in [2.05, 4.69) is 54.3 Å². The van der Waals surface area contributed by atoms with Crippen molar-refractivity contribution < 1.29 is 13.0 Å². The zero-order valence-corrected chi connectivity index (χ0v) is 13.5. The number of fused-ring (bicyclic) bond motifs is 1. The van der Waals surface area contributed by atoms with Crippen molar-refractivity contribution in [3.05, 3.63) is 48.5 Å². The van der Waals surface area contributed by atoms with Crippen LogP contribution in [0.3, 0.4) is 0 Å². The highest BCUT2D eigenvalue weighted by atomic mass is 32.2. The Morgan fingerprint density at radius 2 is 1.29 bits per heavy atom. The van der Waals surface area contributed by atoms with Crippen molar-refractivity contribution in [3.63, 3.8) is 0 Å². The molecule has 0 atom stereocenters. The second kappa shape index (κ2) is 11.3. The fourth-order valence-electron chi connectivity index (χ4n) is 1.67. The van der Waals surface area contributed by atoms with Crippen LogP contribution in [0.25, 0.3) is 10.8 Å². The smallest absolute Gasteiger partial charge is 0.264 e. The van der Waals surface area contributed by atoms with E-state index in [1.165, 1.54) is 17.8 Å². The van der Waals surface area contributed by atoms with Crippen LogP contribution in [0, 0.1) is 0 Å². The van der Waals surface area contributed by atoms with Gasteiger partial charge in [-0.1, -0.05) is 68.3 Å². The largest absolute Gasteiger partial charge is 0.333 e. The highest BCUT2D eigenvalue weighted by Crippen LogP contribution is 2.11. The van der Waals surface area contributed by atoms with E-state index in [-0.39, 0.29) is 5.75 Å². The van der Waals surface area contributed by atoms with Gasteiger partial charge in [0, 0.05) is 0 Å². The summed E-state index contributed by atoms with van der Waals surface area (Å²) in [5, 5.41) is 2.62. The van der Waals surface area contributed by atoms with Crippen LogP contribution in [-0.2, 0) is 10.1 Å². The third-order valence-electron chi connectivity index (χ3n) is 2.66. The summed E-state index contributed by atoms with van der Waals surface area (Å²) in [6.45, 7) is 1.98. The maximum atomic E-state index is 10.1. The van der Waals surface area contributed by atoms with Crippen molar-refractivity contribution in [2.24, 2.45) is 5.73 Å². The van der Waals surface area contributed by atoms with Crippen molar-refractivity contribution in [2.75, 3.05) is 12.8 Å². The molecule has 5 heteroatoms. The van der Waals surface area contributed by atoms with Gasteiger partial charge in [-0.25, -0.2) is 0 Å². The van der Waals surface area contributed by atoms with E-state index >= 15 is 0 Å². The quantitative estimate of drug-likeness (QED) is 0.669. The van der Waals surface area contributed by atoms with E-state index in [0.717, 1.165) is 12.8 Å². The molecule has 4 nitrogen and oxygen atoms in total. The van der Waals surface area contributed by atoms with E-state index in [4.69, 9.17) is 4.55 Å². The lowest BCUT2D eigenvalue weighted by Crippen LogP contribution is -2.02. The van der Waals surface area contributed by atoms with E-state index in [0.29, 0.717) is 6.42 Å². The number of unbranched alkanes of at least 4 members (excludes halogenated alkanes) is 2. The minimum atomic E-state index is -3.70. The van der Waals surface area contributed by atoms with Crippen molar-refractivity contribution in [3.8, 4) is 0 Å². The summed E-state index contributed by atoms with van der Waals surface area (Å²) in [7, 11) is -2.20. The van der Waals surface area contributed by atoms with E-state index in [9.17, 15) is 8.42 Å². The fourth-order valence-corrected chi connectivity index (χ4v) is 2.24. The second-order valence-corrected chi connectivity index (χ2v) is 5.91. The second-order valence-electron chi connectivity index (χ2n) is 4.34. The van der Waals surface area contributed by atoms with Crippen LogP contribution in [0.1, 0.15) is 26.2 Å². The summed E-state index contributed by atoms with van der Waals surface area (Å²) in [6, 6.07) is 16.7. The first-order valence-electron chi connectivity index (χ1n) is 6.99. The molecule has 0 aliphatic carbocycles. The van der Waals surface area contributed by atoms with E-state index in [1.807, 2.05) is 6.92 Å². The molecule has 0 aliphatic rings. The van der Waals surface area contributed by atoms with Crippen molar-refractivity contribution in [2.45, 2.75) is 26.2 Å². The molecule has 0 spiro atoms. The Morgan fingerprint density at radius 1 is 0.905 bits per heavy atom. The van der Waals surface area contributed by atoms with Gasteiger partial charge in [-0.2, -0.15) is 8.42 Å². The average molecular weight is 311 g/mol. The summed E-state index contributed by atoms with van der Waals surface area (Å²) in [5.74, 6) is -0.0964. The third-order valence-corrected chi connectivity index (χ3v) is 3.47. The van der Waals surface area contributed by atoms with Crippen molar-refractivity contribution >= 4 is 20.9 Å². The molecule has 0 aliphatic heterocycles. The van der Waals surface area contributed by atoms with Crippen LogP contribution in [0.15, 0.2) is 48.5 Å². The molecule has 3 N–H and O–H groups in total. The maximum absolute atomic E-state index is 10.1. The molecule has 0 heterocycles. The van der Waals surface area contributed by atoms with Crippen LogP contribution in [0.5, 0.6) is 0 Å². The van der Waals surface area contributed by atoms with Gasteiger partial charge in [-0.05, 0) is 24.2 Å². The number of benzene rings is 2. The molecule has 118 valence electrons. The van der Waals surface area contributed by atoms with Gasteiger partial charge in [-0.3, -0.25) is 4.55 Å². The molecule has 2 aromatic rings. The maximum Gasteiger partial charge on any atom is 0.264 e. The Bertz CT molecular complexity index is 532. The van der Waals surface area contributed by atoms with E-state index < -0.39 is 10.1 Å². The SMILES string of the molecule is CCCCCS(=O)(=O)O.CN.c1ccc2ccccc2c1. The molecule has 21 heavy (non-hydrogen) atoms. The first-order chi connectivity index (χ1) is 10.0. The number of hydrogen-bond acceptors (Lipinski definition) is 3. The van der Waals surface area contributed by atoms with Crippen molar-refractivity contribution in [1.29, 1.82) is 0 Å². The lowest BCUT2D eigenvalue weighted by molar-refractivity contribution is 0.480.